The van der Waals surface area contributed by atoms with Crippen LogP contribution in [0.1, 0.15) is 40.4 Å². The van der Waals surface area contributed by atoms with Gasteiger partial charge in [0.25, 0.3) is 0 Å². The average Bonchev–Trinajstić information content (AvgIpc) is 3.35. The van der Waals surface area contributed by atoms with E-state index in [1.807, 2.05) is 54.9 Å². The van der Waals surface area contributed by atoms with Crippen molar-refractivity contribution in [2.45, 2.75) is 32.5 Å². The van der Waals surface area contributed by atoms with Gasteiger partial charge in [0.15, 0.2) is 5.11 Å². The highest BCUT2D eigenvalue weighted by Gasteiger charge is 2.41. The lowest BCUT2D eigenvalue weighted by atomic mass is 9.96. The van der Waals surface area contributed by atoms with E-state index in [-0.39, 0.29) is 12.1 Å². The third kappa shape index (κ3) is 4.03. The number of nitrogens with zero attached hydrogens (tertiary/aromatic N) is 4. The summed E-state index contributed by atoms with van der Waals surface area (Å²) in [5.41, 5.74) is 6.59. The van der Waals surface area contributed by atoms with Gasteiger partial charge in [-0.1, -0.05) is 12.1 Å². The van der Waals surface area contributed by atoms with Gasteiger partial charge in [-0.15, -0.1) is 0 Å². The number of methoxy groups -OCH3 is 1. The van der Waals surface area contributed by atoms with Crippen LogP contribution in [0.2, 0.25) is 0 Å². The van der Waals surface area contributed by atoms with Crippen molar-refractivity contribution >= 4 is 17.3 Å². The van der Waals surface area contributed by atoms with Crippen molar-refractivity contribution in [2.75, 3.05) is 7.11 Å². The van der Waals surface area contributed by atoms with E-state index >= 15 is 0 Å². The monoisotopic (exact) mass is 469 g/mol. The molecule has 1 N–H and O–H groups in total. The van der Waals surface area contributed by atoms with Crippen molar-refractivity contribution in [3.8, 4) is 11.4 Å². The fourth-order valence-electron chi connectivity index (χ4n) is 4.80. The first-order chi connectivity index (χ1) is 16.6. The Kier molecular flexibility index (Phi) is 6.02. The van der Waals surface area contributed by atoms with E-state index in [0.717, 1.165) is 28.5 Å². The Balaban J connectivity index is 1.60. The second kappa shape index (κ2) is 9.27. The van der Waals surface area contributed by atoms with Crippen molar-refractivity contribution in [3.63, 3.8) is 0 Å². The average molecular weight is 470 g/mol. The molecular formula is C27H27N5OS. The van der Waals surface area contributed by atoms with E-state index in [1.54, 1.807) is 7.11 Å². The molecule has 0 radical (unpaired) electrons. The van der Waals surface area contributed by atoms with Crippen LogP contribution in [-0.2, 0) is 6.54 Å². The number of aromatic nitrogens is 3. The minimum atomic E-state index is -0.0674. The maximum Gasteiger partial charge on any atom is 0.170 e. The van der Waals surface area contributed by atoms with Gasteiger partial charge in [0.1, 0.15) is 5.75 Å². The van der Waals surface area contributed by atoms with Crippen LogP contribution in [0, 0.1) is 13.8 Å². The molecule has 3 aromatic heterocycles. The normalized spacial score (nSPS) is 17.6. The molecule has 0 bridgehead atoms. The number of rotatable bonds is 6. The number of nitrogens with one attached hydrogen (secondary N) is 1. The Morgan fingerprint density at radius 3 is 2.35 bits per heavy atom. The Morgan fingerprint density at radius 2 is 1.71 bits per heavy atom. The van der Waals surface area contributed by atoms with Crippen LogP contribution in [0.3, 0.4) is 0 Å². The van der Waals surface area contributed by atoms with Crippen molar-refractivity contribution in [3.05, 3.63) is 107 Å². The van der Waals surface area contributed by atoms with Crippen LogP contribution in [0.15, 0.2) is 79.1 Å². The molecule has 5 rings (SSSR count). The first-order valence-corrected chi connectivity index (χ1v) is 11.7. The Labute approximate surface area is 205 Å². The topological polar surface area (TPSA) is 55.2 Å². The van der Waals surface area contributed by atoms with Gasteiger partial charge in [-0.2, -0.15) is 0 Å². The Hall–Kier alpha value is -3.71. The Morgan fingerprint density at radius 1 is 0.971 bits per heavy atom. The molecule has 4 heterocycles. The number of thiocarbonyl (C=S) groups is 1. The third-order valence-electron chi connectivity index (χ3n) is 6.38. The fraction of sp³-hybridized carbons (Fsp3) is 0.222. The summed E-state index contributed by atoms with van der Waals surface area (Å²) in [6.45, 7) is 4.93. The molecule has 1 aromatic carbocycles. The van der Waals surface area contributed by atoms with Crippen molar-refractivity contribution in [2.24, 2.45) is 0 Å². The van der Waals surface area contributed by atoms with Crippen LogP contribution >= 0.6 is 12.2 Å². The van der Waals surface area contributed by atoms with Gasteiger partial charge in [-0.25, -0.2) is 0 Å². The summed E-state index contributed by atoms with van der Waals surface area (Å²) in [6.07, 6.45) is 3.65. The van der Waals surface area contributed by atoms with E-state index in [9.17, 15) is 0 Å². The zero-order chi connectivity index (χ0) is 23.7. The molecule has 1 fully saturated rings. The fourth-order valence-corrected chi connectivity index (χ4v) is 5.10. The second-order valence-electron chi connectivity index (χ2n) is 8.44. The summed E-state index contributed by atoms with van der Waals surface area (Å²) in [6, 6.07) is 22.3. The third-order valence-corrected chi connectivity index (χ3v) is 6.73. The van der Waals surface area contributed by atoms with Crippen LogP contribution in [0.4, 0.5) is 0 Å². The summed E-state index contributed by atoms with van der Waals surface area (Å²) in [4.78, 5) is 11.4. The van der Waals surface area contributed by atoms with Crippen LogP contribution in [0.25, 0.3) is 5.69 Å². The van der Waals surface area contributed by atoms with Crippen LogP contribution < -0.4 is 10.1 Å². The summed E-state index contributed by atoms with van der Waals surface area (Å²) in [5, 5.41) is 4.25. The molecule has 2 atom stereocenters. The largest absolute Gasteiger partial charge is 0.497 e. The lowest BCUT2D eigenvalue weighted by molar-refractivity contribution is 0.307. The van der Waals surface area contributed by atoms with Gasteiger partial charge in [0.2, 0.25) is 0 Å². The molecule has 1 saturated heterocycles. The smallest absolute Gasteiger partial charge is 0.170 e. The van der Waals surface area contributed by atoms with Crippen LogP contribution in [-0.4, -0.2) is 31.7 Å². The SMILES string of the molecule is COc1ccc(-n2c(C)cc([C@H]3[C@@H](c4ccccn4)NC(=S)N3Cc3ccccn3)c2C)cc1. The number of benzene rings is 1. The zero-order valence-corrected chi connectivity index (χ0v) is 20.3. The summed E-state index contributed by atoms with van der Waals surface area (Å²) in [7, 11) is 1.68. The van der Waals surface area contributed by atoms with Gasteiger partial charge in [0, 0.05) is 29.5 Å². The number of aryl methyl sites for hydroxylation is 1. The highest BCUT2D eigenvalue weighted by Crippen LogP contribution is 2.42. The van der Waals surface area contributed by atoms with Gasteiger partial charge in [-0.3, -0.25) is 9.97 Å². The highest BCUT2D eigenvalue weighted by molar-refractivity contribution is 7.80. The first kappa shape index (κ1) is 22.1. The molecule has 4 aromatic rings. The maximum atomic E-state index is 5.84. The Bertz CT molecular complexity index is 1290. The number of hydrogen-bond acceptors (Lipinski definition) is 4. The molecule has 1 aliphatic rings. The minimum absolute atomic E-state index is 0.0254. The summed E-state index contributed by atoms with van der Waals surface area (Å²) in [5.74, 6) is 0.841. The van der Waals surface area contributed by atoms with E-state index < -0.39 is 0 Å². The molecular weight excluding hydrogens is 442 g/mol. The van der Waals surface area contributed by atoms with Crippen molar-refractivity contribution < 1.29 is 4.74 Å². The molecule has 0 saturated carbocycles. The molecule has 34 heavy (non-hydrogen) atoms. The summed E-state index contributed by atoms with van der Waals surface area (Å²) >= 11 is 5.84. The number of pyridine rings is 2. The molecule has 7 heteroatoms. The van der Waals surface area contributed by atoms with Crippen LogP contribution in [0.5, 0.6) is 5.75 Å². The molecule has 172 valence electrons. The molecule has 0 spiro atoms. The summed E-state index contributed by atoms with van der Waals surface area (Å²) < 4.78 is 7.63. The predicted octanol–water partition coefficient (Wildman–Crippen LogP) is 5.07. The standard InChI is InChI=1S/C27H27N5OS/c1-18-16-23(19(2)32(18)21-10-12-22(33-3)13-11-21)26-25(24-9-5-7-15-29-24)30-27(34)31(26)17-20-8-4-6-14-28-20/h4-16,25-26H,17H2,1-3H3,(H,30,34)/t25-,26+/m1/s1. The molecule has 0 aliphatic carbocycles. The molecule has 1 aliphatic heterocycles. The minimum Gasteiger partial charge on any atom is -0.497 e. The predicted molar refractivity (Wildman–Crippen MR) is 137 cm³/mol. The zero-order valence-electron chi connectivity index (χ0n) is 19.5. The van der Waals surface area contributed by atoms with Crippen molar-refractivity contribution in [1.29, 1.82) is 0 Å². The lowest BCUT2D eigenvalue weighted by Crippen LogP contribution is -2.29. The number of hydrogen-bond donors (Lipinski definition) is 1. The van der Waals surface area contributed by atoms with E-state index in [0.29, 0.717) is 11.7 Å². The van der Waals surface area contributed by atoms with Gasteiger partial charge in [0.05, 0.1) is 37.1 Å². The first-order valence-electron chi connectivity index (χ1n) is 11.3. The van der Waals surface area contributed by atoms with E-state index in [4.69, 9.17) is 17.0 Å². The van der Waals surface area contributed by atoms with Gasteiger partial charge < -0.3 is 19.5 Å². The molecule has 0 unspecified atom stereocenters. The molecule has 6 nitrogen and oxygen atoms in total. The van der Waals surface area contributed by atoms with E-state index in [2.05, 4.69) is 62.9 Å². The highest BCUT2D eigenvalue weighted by atomic mass is 32.1. The van der Waals surface area contributed by atoms with Gasteiger partial charge in [-0.05, 0) is 86.2 Å². The van der Waals surface area contributed by atoms with Gasteiger partial charge >= 0.3 is 0 Å². The molecule has 0 amide bonds. The second-order valence-corrected chi connectivity index (χ2v) is 8.82. The van der Waals surface area contributed by atoms with Crippen molar-refractivity contribution in [1.82, 2.24) is 24.8 Å². The van der Waals surface area contributed by atoms with E-state index in [1.165, 1.54) is 11.3 Å². The lowest BCUT2D eigenvalue weighted by Gasteiger charge is -2.28. The quantitative estimate of drug-likeness (QED) is 0.398. The maximum absolute atomic E-state index is 5.84. The number of ether oxygens (including phenoxy) is 1.